The number of morpholine rings is 1. The zero-order valence-corrected chi connectivity index (χ0v) is 10.2. The third-order valence-corrected chi connectivity index (χ3v) is 2.76. The van der Waals surface area contributed by atoms with Gasteiger partial charge in [-0.05, 0) is 13.1 Å². The molecule has 2 rings (SSSR count). The Labute approximate surface area is 104 Å². The predicted molar refractivity (Wildman–Crippen MR) is 64.4 cm³/mol. The van der Waals surface area contributed by atoms with Crippen LogP contribution >= 0.6 is 0 Å². The normalized spacial score (nSPS) is 19.8. The second-order valence-corrected chi connectivity index (χ2v) is 4.11. The number of ether oxygens (including phenoxy) is 1. The van der Waals surface area contributed by atoms with Gasteiger partial charge in [-0.1, -0.05) is 0 Å². The van der Waals surface area contributed by atoms with Crippen molar-refractivity contribution in [2.75, 3.05) is 33.3 Å². The number of carbonyl (C=O) groups is 1. The maximum Gasteiger partial charge on any atom is 0.274 e. The van der Waals surface area contributed by atoms with Crippen molar-refractivity contribution in [3.63, 3.8) is 0 Å². The Morgan fingerprint density at radius 1 is 1.67 bits per heavy atom. The molecule has 1 fully saturated rings. The first-order valence-electron chi connectivity index (χ1n) is 5.82. The van der Waals surface area contributed by atoms with Gasteiger partial charge in [0.15, 0.2) is 0 Å². The minimum absolute atomic E-state index is 0.00420. The average Bonchev–Trinajstić information content (AvgIpc) is 2.39. The highest BCUT2D eigenvalue weighted by Gasteiger charge is 2.25. The van der Waals surface area contributed by atoms with E-state index in [2.05, 4.69) is 15.5 Å². The molecule has 1 aromatic heterocycles. The van der Waals surface area contributed by atoms with Gasteiger partial charge in [-0.15, -0.1) is 0 Å². The molecule has 0 aliphatic carbocycles. The number of nitrogens with zero attached hydrogens (tertiary/aromatic N) is 2. The second kappa shape index (κ2) is 5.74. The average molecular weight is 252 g/mol. The third kappa shape index (κ3) is 2.93. The molecule has 98 valence electrons. The number of H-pyrrole nitrogens is 1. The maximum absolute atomic E-state index is 12.1. The molecule has 7 heteroatoms. The first-order chi connectivity index (χ1) is 8.70. The fourth-order valence-electron chi connectivity index (χ4n) is 1.88. The van der Waals surface area contributed by atoms with Gasteiger partial charge >= 0.3 is 0 Å². The SMILES string of the molecule is CNCC1CN(C(=O)c2ccc(=O)[nH]n2)CCO1. The van der Waals surface area contributed by atoms with E-state index >= 15 is 0 Å². The molecule has 1 aliphatic heterocycles. The highest BCUT2D eigenvalue weighted by atomic mass is 16.5. The summed E-state index contributed by atoms with van der Waals surface area (Å²) in [4.78, 5) is 24.7. The van der Waals surface area contributed by atoms with Crippen LogP contribution in [-0.4, -0.2) is 60.4 Å². The lowest BCUT2D eigenvalue weighted by Gasteiger charge is -2.32. The van der Waals surface area contributed by atoms with Crippen LogP contribution in [0.25, 0.3) is 0 Å². The fraction of sp³-hybridized carbons (Fsp3) is 0.545. The first-order valence-corrected chi connectivity index (χ1v) is 5.82. The largest absolute Gasteiger partial charge is 0.373 e. The monoisotopic (exact) mass is 252 g/mol. The molecule has 0 aromatic carbocycles. The summed E-state index contributed by atoms with van der Waals surface area (Å²) in [5.74, 6) is -0.185. The van der Waals surface area contributed by atoms with Crippen molar-refractivity contribution in [1.29, 1.82) is 0 Å². The highest BCUT2D eigenvalue weighted by molar-refractivity contribution is 5.92. The summed E-state index contributed by atoms with van der Waals surface area (Å²) in [6.07, 6.45) is -0.00420. The summed E-state index contributed by atoms with van der Waals surface area (Å²) in [5, 5.41) is 9.02. The topological polar surface area (TPSA) is 87.3 Å². The van der Waals surface area contributed by atoms with Crippen molar-refractivity contribution in [2.24, 2.45) is 0 Å². The molecule has 1 unspecified atom stereocenters. The predicted octanol–water partition coefficient (Wildman–Crippen LogP) is -1.17. The van der Waals surface area contributed by atoms with Crippen molar-refractivity contribution < 1.29 is 9.53 Å². The maximum atomic E-state index is 12.1. The van der Waals surface area contributed by atoms with Gasteiger partial charge in [-0.3, -0.25) is 9.59 Å². The number of amides is 1. The van der Waals surface area contributed by atoms with Crippen LogP contribution in [0.15, 0.2) is 16.9 Å². The van der Waals surface area contributed by atoms with E-state index in [1.54, 1.807) is 4.90 Å². The Morgan fingerprint density at radius 3 is 3.17 bits per heavy atom. The van der Waals surface area contributed by atoms with Gasteiger partial charge < -0.3 is 15.0 Å². The molecule has 18 heavy (non-hydrogen) atoms. The Kier molecular flexibility index (Phi) is 4.06. The van der Waals surface area contributed by atoms with Crippen LogP contribution in [0, 0.1) is 0 Å². The zero-order valence-electron chi connectivity index (χ0n) is 10.2. The van der Waals surface area contributed by atoms with Crippen LogP contribution in [0.3, 0.4) is 0 Å². The number of carbonyl (C=O) groups excluding carboxylic acids is 1. The summed E-state index contributed by atoms with van der Waals surface area (Å²) in [7, 11) is 1.84. The zero-order chi connectivity index (χ0) is 13.0. The smallest absolute Gasteiger partial charge is 0.274 e. The summed E-state index contributed by atoms with van der Waals surface area (Å²) < 4.78 is 5.52. The Morgan fingerprint density at radius 2 is 2.50 bits per heavy atom. The molecule has 1 aromatic rings. The van der Waals surface area contributed by atoms with E-state index in [4.69, 9.17) is 4.74 Å². The first kappa shape index (κ1) is 12.7. The van der Waals surface area contributed by atoms with E-state index in [0.717, 1.165) is 0 Å². The quantitative estimate of drug-likeness (QED) is 0.708. The standard InChI is InChI=1S/C11H16N4O3/c1-12-6-8-7-15(4-5-18-8)11(17)9-2-3-10(16)14-13-9/h2-3,8,12H,4-7H2,1H3,(H,14,16). The fourth-order valence-corrected chi connectivity index (χ4v) is 1.88. The molecular weight excluding hydrogens is 236 g/mol. The number of hydrogen-bond acceptors (Lipinski definition) is 5. The lowest BCUT2D eigenvalue weighted by Crippen LogP contribution is -2.48. The Hall–Kier alpha value is -1.73. The van der Waals surface area contributed by atoms with Crippen molar-refractivity contribution >= 4 is 5.91 Å². The molecule has 1 atom stereocenters. The molecule has 1 aliphatic rings. The summed E-state index contributed by atoms with van der Waals surface area (Å²) in [6.45, 7) is 2.28. The van der Waals surface area contributed by atoms with Crippen LogP contribution in [-0.2, 0) is 4.74 Å². The number of likely N-dealkylation sites (N-methyl/N-ethyl adjacent to an activating group) is 1. The lowest BCUT2D eigenvalue weighted by molar-refractivity contribution is -0.0198. The van der Waals surface area contributed by atoms with Crippen LogP contribution in [0.1, 0.15) is 10.5 Å². The number of aromatic amines is 1. The number of rotatable bonds is 3. The van der Waals surface area contributed by atoms with Gasteiger partial charge in [0.2, 0.25) is 0 Å². The number of hydrogen-bond donors (Lipinski definition) is 2. The molecule has 0 bridgehead atoms. The van der Waals surface area contributed by atoms with Crippen molar-refractivity contribution in [1.82, 2.24) is 20.4 Å². The van der Waals surface area contributed by atoms with Crippen LogP contribution in [0.5, 0.6) is 0 Å². The van der Waals surface area contributed by atoms with E-state index in [9.17, 15) is 9.59 Å². The molecule has 1 amide bonds. The number of nitrogens with one attached hydrogen (secondary N) is 2. The third-order valence-electron chi connectivity index (χ3n) is 2.76. The Bertz CT molecular complexity index is 451. The van der Waals surface area contributed by atoms with E-state index in [1.807, 2.05) is 7.05 Å². The summed E-state index contributed by atoms with van der Waals surface area (Å²) in [6, 6.07) is 2.73. The number of aromatic nitrogens is 2. The summed E-state index contributed by atoms with van der Waals surface area (Å²) in [5.41, 5.74) is -0.0682. The minimum atomic E-state index is -0.318. The highest BCUT2D eigenvalue weighted by Crippen LogP contribution is 2.08. The summed E-state index contributed by atoms with van der Waals surface area (Å²) >= 11 is 0. The minimum Gasteiger partial charge on any atom is -0.373 e. The van der Waals surface area contributed by atoms with Crippen molar-refractivity contribution in [3.8, 4) is 0 Å². The molecule has 0 saturated carbocycles. The lowest BCUT2D eigenvalue weighted by atomic mass is 10.2. The van der Waals surface area contributed by atoms with Crippen molar-refractivity contribution in [3.05, 3.63) is 28.2 Å². The van der Waals surface area contributed by atoms with Crippen LogP contribution in [0.4, 0.5) is 0 Å². The van der Waals surface area contributed by atoms with E-state index < -0.39 is 0 Å². The molecule has 1 saturated heterocycles. The van der Waals surface area contributed by atoms with E-state index in [0.29, 0.717) is 26.2 Å². The van der Waals surface area contributed by atoms with Crippen LogP contribution < -0.4 is 10.9 Å². The second-order valence-electron chi connectivity index (χ2n) is 4.11. The van der Waals surface area contributed by atoms with Gasteiger partial charge in [0.25, 0.3) is 11.5 Å². The molecule has 0 spiro atoms. The molecular formula is C11H16N4O3. The molecule has 0 radical (unpaired) electrons. The van der Waals surface area contributed by atoms with E-state index in [-0.39, 0.29) is 23.3 Å². The Balaban J connectivity index is 2.04. The van der Waals surface area contributed by atoms with Crippen molar-refractivity contribution in [2.45, 2.75) is 6.10 Å². The van der Waals surface area contributed by atoms with Crippen LogP contribution in [0.2, 0.25) is 0 Å². The molecule has 2 heterocycles. The van der Waals surface area contributed by atoms with Gasteiger partial charge in [0, 0.05) is 25.7 Å². The molecule has 7 nitrogen and oxygen atoms in total. The van der Waals surface area contributed by atoms with Gasteiger partial charge in [0.1, 0.15) is 5.69 Å². The molecule has 2 N–H and O–H groups in total. The van der Waals surface area contributed by atoms with Gasteiger partial charge in [0.05, 0.1) is 12.7 Å². The van der Waals surface area contributed by atoms with Gasteiger partial charge in [-0.2, -0.15) is 5.10 Å². The van der Waals surface area contributed by atoms with Gasteiger partial charge in [-0.25, -0.2) is 5.10 Å². The van der Waals surface area contributed by atoms with E-state index in [1.165, 1.54) is 12.1 Å².